The Bertz CT molecular complexity index is 329. The summed E-state index contributed by atoms with van der Waals surface area (Å²) in [7, 11) is -6.18. The van der Waals surface area contributed by atoms with Gasteiger partial charge in [-0.1, -0.05) is 13.5 Å². The molecule has 0 heterocycles. The lowest BCUT2D eigenvalue weighted by molar-refractivity contribution is -0.140. The van der Waals surface area contributed by atoms with E-state index in [1.807, 2.05) is 13.5 Å². The molecule has 0 aromatic rings. The van der Waals surface area contributed by atoms with Gasteiger partial charge in [0.25, 0.3) is 0 Å². The molecule has 118 valence electrons. The second kappa shape index (κ2) is 7.17. The highest BCUT2D eigenvalue weighted by atomic mass is 28.5. The number of ether oxygens (including phenoxy) is 1. The lowest BCUT2D eigenvalue weighted by Gasteiger charge is -2.42. The molecule has 0 amide bonds. The smallest absolute Gasteiger partial charge is 0.356 e. The number of esters is 1. The predicted octanol–water partition coefficient (Wildman–Crippen LogP) is 3.81. The second-order valence-electron chi connectivity index (χ2n) is 6.98. The molecular weight excluding hydrogens is 304 g/mol. The summed E-state index contributed by atoms with van der Waals surface area (Å²) >= 11 is 0. The highest BCUT2D eigenvalue weighted by Gasteiger charge is 2.48. The van der Waals surface area contributed by atoms with Crippen LogP contribution in [0.15, 0.2) is 12.7 Å². The molecule has 0 saturated carbocycles. The predicted molar refractivity (Wildman–Crippen MR) is 90.8 cm³/mol. The lowest BCUT2D eigenvalue weighted by atomic mass is 10.5. The van der Waals surface area contributed by atoms with Gasteiger partial charge < -0.3 is 13.0 Å². The van der Waals surface area contributed by atoms with Crippen LogP contribution < -0.4 is 0 Å². The van der Waals surface area contributed by atoms with Crippen molar-refractivity contribution in [1.82, 2.24) is 0 Å². The van der Waals surface area contributed by atoms with Gasteiger partial charge in [0.15, 0.2) is 16.6 Å². The van der Waals surface area contributed by atoms with Crippen molar-refractivity contribution in [3.63, 3.8) is 0 Å². The summed E-state index contributed by atoms with van der Waals surface area (Å²) in [6, 6.07) is 0. The molecule has 0 rings (SSSR count). The van der Waals surface area contributed by atoms with Crippen molar-refractivity contribution in [2.24, 2.45) is 0 Å². The summed E-state index contributed by atoms with van der Waals surface area (Å²) in [5.41, 5.74) is -0.300. The molecule has 0 bridgehead atoms. The Hall–Kier alpha value is -0.219. The average molecular weight is 335 g/mol. The van der Waals surface area contributed by atoms with Gasteiger partial charge in [0.1, 0.15) is 5.73 Å². The second-order valence-corrected chi connectivity index (χ2v) is 19.7. The maximum absolute atomic E-state index is 11.6. The summed E-state index contributed by atoms with van der Waals surface area (Å²) in [5, 5.41) is 0. The third-order valence-corrected chi connectivity index (χ3v) is 12.2. The van der Waals surface area contributed by atoms with Crippen LogP contribution in [0.2, 0.25) is 45.8 Å². The Morgan fingerprint density at radius 3 is 1.70 bits per heavy atom. The molecule has 4 nitrogen and oxygen atoms in total. The Morgan fingerprint density at radius 1 is 1.05 bits per heavy atom. The van der Waals surface area contributed by atoms with Crippen LogP contribution in [0, 0.1) is 0 Å². The quantitative estimate of drug-likeness (QED) is 0.385. The molecule has 0 aliphatic rings. The van der Waals surface area contributed by atoms with E-state index >= 15 is 0 Å². The molecule has 7 heteroatoms. The number of hydrogen-bond donors (Lipinski definition) is 0. The Labute approximate surface area is 127 Å². The monoisotopic (exact) mass is 334 g/mol. The SMILES string of the molecule is C=CC(=O)OC(CC)[Si](C)(O[Si](C)(C)C)O[Si](C)(C)C. The third kappa shape index (κ3) is 7.53. The fraction of sp³-hybridized carbons (Fsp3) is 0.769. The van der Waals surface area contributed by atoms with E-state index in [9.17, 15) is 4.79 Å². The van der Waals surface area contributed by atoms with Gasteiger partial charge in [0.2, 0.25) is 0 Å². The van der Waals surface area contributed by atoms with Crippen LogP contribution in [-0.4, -0.2) is 36.9 Å². The summed E-state index contributed by atoms with van der Waals surface area (Å²) in [6.45, 7) is 20.3. The van der Waals surface area contributed by atoms with Crippen molar-refractivity contribution in [3.8, 4) is 0 Å². The minimum atomic E-state index is -2.60. The summed E-state index contributed by atoms with van der Waals surface area (Å²) in [6.07, 6.45) is 1.89. The highest BCUT2D eigenvalue weighted by Crippen LogP contribution is 2.27. The van der Waals surface area contributed by atoms with Crippen molar-refractivity contribution >= 4 is 31.2 Å². The van der Waals surface area contributed by atoms with Crippen LogP contribution in [0.1, 0.15) is 13.3 Å². The molecule has 0 spiro atoms. The van der Waals surface area contributed by atoms with E-state index < -0.39 is 31.2 Å². The normalized spacial score (nSPS) is 14.8. The Kier molecular flexibility index (Phi) is 7.09. The van der Waals surface area contributed by atoms with E-state index in [0.717, 1.165) is 0 Å². The van der Waals surface area contributed by atoms with Gasteiger partial charge in [0.05, 0.1) is 0 Å². The van der Waals surface area contributed by atoms with Gasteiger partial charge in [-0.15, -0.1) is 0 Å². The van der Waals surface area contributed by atoms with Gasteiger partial charge >= 0.3 is 14.5 Å². The van der Waals surface area contributed by atoms with E-state index in [2.05, 4.69) is 45.9 Å². The van der Waals surface area contributed by atoms with Crippen LogP contribution >= 0.6 is 0 Å². The van der Waals surface area contributed by atoms with Crippen molar-refractivity contribution in [2.45, 2.75) is 64.9 Å². The van der Waals surface area contributed by atoms with Crippen LogP contribution in [0.5, 0.6) is 0 Å². The molecule has 0 radical (unpaired) electrons. The molecule has 0 fully saturated rings. The van der Waals surface area contributed by atoms with Crippen molar-refractivity contribution in [2.75, 3.05) is 0 Å². The highest BCUT2D eigenvalue weighted by molar-refractivity contribution is 6.88. The molecule has 1 atom stereocenters. The molecule has 1 unspecified atom stereocenters. The van der Waals surface area contributed by atoms with E-state index in [4.69, 9.17) is 13.0 Å². The molecule has 0 aliphatic heterocycles. The molecule has 0 N–H and O–H groups in total. The standard InChI is InChI=1S/C13H30O4Si3/c1-10-12(14)15-13(11-2)20(9,16-18(3,4)5)17-19(6,7)8/h10,13H,1,11H2,2-9H3. The van der Waals surface area contributed by atoms with Crippen LogP contribution in [-0.2, 0) is 17.8 Å². The van der Waals surface area contributed by atoms with Gasteiger partial charge in [-0.05, 0) is 52.2 Å². The first-order valence-corrected chi connectivity index (χ1v) is 16.3. The van der Waals surface area contributed by atoms with E-state index in [0.29, 0.717) is 6.42 Å². The largest absolute Gasteiger partial charge is 0.457 e. The van der Waals surface area contributed by atoms with Gasteiger partial charge in [-0.2, -0.15) is 0 Å². The summed E-state index contributed by atoms with van der Waals surface area (Å²) < 4.78 is 18.3. The van der Waals surface area contributed by atoms with E-state index in [1.54, 1.807) is 0 Å². The summed E-state index contributed by atoms with van der Waals surface area (Å²) in [5.74, 6) is -0.408. The first-order valence-electron chi connectivity index (χ1n) is 7.06. The maximum atomic E-state index is 11.6. The maximum Gasteiger partial charge on any atom is 0.356 e. The number of rotatable bonds is 8. The number of hydrogen-bond acceptors (Lipinski definition) is 4. The molecule has 0 aromatic heterocycles. The minimum absolute atomic E-state index is 0.300. The molecule has 0 aliphatic carbocycles. The lowest BCUT2D eigenvalue weighted by Crippen LogP contribution is -2.60. The molecule has 0 aromatic carbocycles. The molecule has 20 heavy (non-hydrogen) atoms. The van der Waals surface area contributed by atoms with Crippen LogP contribution in [0.25, 0.3) is 0 Å². The van der Waals surface area contributed by atoms with Crippen molar-refractivity contribution in [3.05, 3.63) is 12.7 Å². The fourth-order valence-corrected chi connectivity index (χ4v) is 14.5. The minimum Gasteiger partial charge on any atom is -0.457 e. The van der Waals surface area contributed by atoms with E-state index in [1.165, 1.54) is 6.08 Å². The average Bonchev–Trinajstić information content (AvgIpc) is 2.19. The zero-order valence-corrected chi connectivity index (χ0v) is 17.2. The Balaban J connectivity index is 5.35. The number of carbonyl (C=O) groups excluding carboxylic acids is 1. The van der Waals surface area contributed by atoms with Crippen LogP contribution in [0.4, 0.5) is 0 Å². The fourth-order valence-electron chi connectivity index (χ4n) is 2.12. The van der Waals surface area contributed by atoms with E-state index in [-0.39, 0.29) is 5.73 Å². The van der Waals surface area contributed by atoms with Gasteiger partial charge in [-0.25, -0.2) is 4.79 Å². The Morgan fingerprint density at radius 2 is 1.45 bits per heavy atom. The van der Waals surface area contributed by atoms with Crippen molar-refractivity contribution < 1.29 is 17.8 Å². The first kappa shape index (κ1) is 19.8. The molecule has 0 saturated heterocycles. The molecular formula is C13H30O4Si3. The zero-order chi connectivity index (χ0) is 16.2. The third-order valence-electron chi connectivity index (χ3n) is 2.40. The van der Waals surface area contributed by atoms with Crippen molar-refractivity contribution in [1.29, 1.82) is 0 Å². The van der Waals surface area contributed by atoms with Gasteiger partial charge in [0, 0.05) is 6.08 Å². The topological polar surface area (TPSA) is 44.8 Å². The number of carbonyl (C=O) groups is 1. The van der Waals surface area contributed by atoms with Gasteiger partial charge in [-0.3, -0.25) is 0 Å². The van der Waals surface area contributed by atoms with Crippen LogP contribution in [0.3, 0.4) is 0 Å². The first-order chi connectivity index (χ1) is 8.83. The zero-order valence-electron chi connectivity index (χ0n) is 14.2. The summed E-state index contributed by atoms with van der Waals surface area (Å²) in [4.78, 5) is 11.6.